The van der Waals surface area contributed by atoms with Crippen molar-refractivity contribution in [1.29, 1.82) is 0 Å². The maximum Gasteiger partial charge on any atom is 0.323 e. The van der Waals surface area contributed by atoms with Gasteiger partial charge < -0.3 is 15.7 Å². The molecule has 0 amide bonds. The zero-order valence-electron chi connectivity index (χ0n) is 9.75. The lowest BCUT2D eigenvalue weighted by atomic mass is 9.65. The van der Waals surface area contributed by atoms with E-state index in [1.54, 1.807) is 0 Å². The van der Waals surface area contributed by atoms with Crippen LogP contribution in [0.4, 0.5) is 0 Å². The van der Waals surface area contributed by atoms with Gasteiger partial charge in [0.25, 0.3) is 0 Å². The summed E-state index contributed by atoms with van der Waals surface area (Å²) in [5.74, 6) is 0. The molecule has 4 nitrogen and oxygen atoms in total. The molecule has 0 aliphatic heterocycles. The Balaban J connectivity index is 1.92. The number of nitrogens with two attached hydrogens (primary N) is 1. The average Bonchev–Trinajstić information content (AvgIpc) is 2.63. The topological polar surface area (TPSA) is 74.7 Å². The number of benzene rings is 1. The van der Waals surface area contributed by atoms with Crippen molar-refractivity contribution >= 4 is 11.0 Å². The van der Waals surface area contributed by atoms with Crippen molar-refractivity contribution < 1.29 is 0 Å². The largest absolute Gasteiger partial charge is 0.330 e. The van der Waals surface area contributed by atoms with Gasteiger partial charge in [0.2, 0.25) is 0 Å². The zero-order chi connectivity index (χ0) is 11.9. The highest BCUT2D eigenvalue weighted by atomic mass is 16.1. The molecule has 0 radical (unpaired) electrons. The molecule has 1 heterocycles. The second-order valence-corrected chi connectivity index (χ2v) is 5.19. The minimum absolute atomic E-state index is 0.144. The molecule has 4 N–H and O–H groups in total. The summed E-state index contributed by atoms with van der Waals surface area (Å²) in [6.45, 7) is 0.759. The van der Waals surface area contributed by atoms with Gasteiger partial charge in [-0.1, -0.05) is 12.5 Å². The highest BCUT2D eigenvalue weighted by molar-refractivity contribution is 5.75. The lowest BCUT2D eigenvalue weighted by molar-refractivity contribution is 0.145. The fourth-order valence-corrected chi connectivity index (χ4v) is 2.75. The quantitative estimate of drug-likeness (QED) is 0.749. The van der Waals surface area contributed by atoms with E-state index in [2.05, 4.69) is 22.1 Å². The number of imidazole rings is 1. The molecule has 0 saturated heterocycles. The number of rotatable bonds is 3. The molecule has 0 unspecified atom stereocenters. The maximum absolute atomic E-state index is 11.2. The van der Waals surface area contributed by atoms with Crippen molar-refractivity contribution in [3.63, 3.8) is 0 Å². The Morgan fingerprint density at radius 1 is 1.24 bits per heavy atom. The Bertz CT molecular complexity index is 586. The van der Waals surface area contributed by atoms with Gasteiger partial charge in [0.05, 0.1) is 11.0 Å². The first-order chi connectivity index (χ1) is 8.21. The van der Waals surface area contributed by atoms with Gasteiger partial charge in [-0.05, 0) is 48.9 Å². The van der Waals surface area contributed by atoms with E-state index in [0.717, 1.165) is 24.0 Å². The van der Waals surface area contributed by atoms with E-state index in [0.29, 0.717) is 5.41 Å². The van der Waals surface area contributed by atoms with Gasteiger partial charge in [-0.3, -0.25) is 0 Å². The first-order valence-electron chi connectivity index (χ1n) is 6.12. The lowest BCUT2D eigenvalue weighted by Crippen LogP contribution is -2.39. The molecule has 0 spiro atoms. The molecule has 1 aromatic carbocycles. The molecule has 0 bridgehead atoms. The van der Waals surface area contributed by atoms with Crippen LogP contribution >= 0.6 is 0 Å². The van der Waals surface area contributed by atoms with Crippen LogP contribution in [0.25, 0.3) is 11.0 Å². The molecule has 1 aromatic heterocycles. The lowest BCUT2D eigenvalue weighted by Gasteiger charge is -2.41. The Kier molecular flexibility index (Phi) is 2.33. The fourth-order valence-electron chi connectivity index (χ4n) is 2.75. The molecule has 17 heavy (non-hydrogen) atoms. The second-order valence-electron chi connectivity index (χ2n) is 5.19. The highest BCUT2D eigenvalue weighted by Crippen LogP contribution is 2.42. The van der Waals surface area contributed by atoms with Crippen LogP contribution < -0.4 is 11.4 Å². The van der Waals surface area contributed by atoms with Gasteiger partial charge in [-0.2, -0.15) is 0 Å². The Labute approximate surface area is 99.2 Å². The van der Waals surface area contributed by atoms with E-state index in [4.69, 9.17) is 5.73 Å². The Hall–Kier alpha value is -1.55. The first-order valence-corrected chi connectivity index (χ1v) is 6.12. The normalized spacial score (nSPS) is 18.2. The van der Waals surface area contributed by atoms with E-state index in [1.807, 2.05) is 6.07 Å². The number of H-pyrrole nitrogens is 2. The van der Waals surface area contributed by atoms with Gasteiger partial charge in [-0.15, -0.1) is 0 Å². The van der Waals surface area contributed by atoms with E-state index in [1.165, 1.54) is 24.8 Å². The van der Waals surface area contributed by atoms with E-state index in [9.17, 15) is 4.79 Å². The predicted molar refractivity (Wildman–Crippen MR) is 68.0 cm³/mol. The summed E-state index contributed by atoms with van der Waals surface area (Å²) >= 11 is 0. The SMILES string of the molecule is NCC1(Cc2ccc3[nH]c(=O)[nH]c3c2)CCC1. The summed E-state index contributed by atoms with van der Waals surface area (Å²) in [7, 11) is 0. The number of nitrogens with one attached hydrogen (secondary N) is 2. The third kappa shape index (κ3) is 1.78. The molecule has 1 fully saturated rings. The smallest absolute Gasteiger partial charge is 0.323 e. The molecule has 1 aliphatic carbocycles. The van der Waals surface area contributed by atoms with Crippen LogP contribution in [0, 0.1) is 5.41 Å². The summed E-state index contributed by atoms with van der Waals surface area (Å²) in [6, 6.07) is 6.11. The van der Waals surface area contributed by atoms with Crippen LogP contribution in [0.3, 0.4) is 0 Å². The number of fused-ring (bicyclic) bond motifs is 1. The van der Waals surface area contributed by atoms with Crippen LogP contribution in [-0.4, -0.2) is 16.5 Å². The summed E-state index contributed by atoms with van der Waals surface area (Å²) in [5, 5.41) is 0. The molecule has 2 aromatic rings. The molecule has 3 rings (SSSR count). The summed E-state index contributed by atoms with van der Waals surface area (Å²) < 4.78 is 0. The van der Waals surface area contributed by atoms with Crippen LogP contribution in [0.15, 0.2) is 23.0 Å². The molecule has 1 saturated carbocycles. The van der Waals surface area contributed by atoms with Gasteiger partial charge in [0.15, 0.2) is 0 Å². The molecule has 1 aliphatic rings. The minimum atomic E-state index is -0.144. The molecular formula is C13H17N3O. The van der Waals surface area contributed by atoms with Gasteiger partial charge in [0.1, 0.15) is 0 Å². The van der Waals surface area contributed by atoms with Crippen molar-refractivity contribution in [3.8, 4) is 0 Å². The van der Waals surface area contributed by atoms with Crippen molar-refractivity contribution in [2.24, 2.45) is 11.1 Å². The number of aromatic nitrogens is 2. The minimum Gasteiger partial charge on any atom is -0.330 e. The van der Waals surface area contributed by atoms with Crippen molar-refractivity contribution in [2.45, 2.75) is 25.7 Å². The number of aromatic amines is 2. The van der Waals surface area contributed by atoms with Crippen molar-refractivity contribution in [3.05, 3.63) is 34.2 Å². The van der Waals surface area contributed by atoms with Crippen molar-refractivity contribution in [1.82, 2.24) is 9.97 Å². The standard InChI is InChI=1S/C13H17N3O/c14-8-13(4-1-5-13)7-9-2-3-10-11(6-9)16-12(17)15-10/h2-3,6H,1,4-5,7-8,14H2,(H2,15,16,17). The second kappa shape index (κ2) is 3.74. The average molecular weight is 231 g/mol. The molecule has 4 heteroatoms. The Morgan fingerprint density at radius 3 is 2.65 bits per heavy atom. The van der Waals surface area contributed by atoms with Crippen molar-refractivity contribution in [2.75, 3.05) is 6.54 Å². The van der Waals surface area contributed by atoms with Crippen LogP contribution in [0.5, 0.6) is 0 Å². The monoisotopic (exact) mass is 231 g/mol. The number of hydrogen-bond acceptors (Lipinski definition) is 2. The maximum atomic E-state index is 11.2. The van der Waals surface area contributed by atoms with Crippen LogP contribution in [0.2, 0.25) is 0 Å². The Morgan fingerprint density at radius 2 is 2.00 bits per heavy atom. The van der Waals surface area contributed by atoms with E-state index >= 15 is 0 Å². The zero-order valence-corrected chi connectivity index (χ0v) is 9.75. The highest BCUT2D eigenvalue weighted by Gasteiger charge is 2.35. The molecule has 90 valence electrons. The van der Waals surface area contributed by atoms with E-state index < -0.39 is 0 Å². The third-order valence-electron chi connectivity index (χ3n) is 4.01. The summed E-state index contributed by atoms with van der Waals surface area (Å²) in [5.41, 5.74) is 9.05. The van der Waals surface area contributed by atoms with Crippen LogP contribution in [0.1, 0.15) is 24.8 Å². The first kappa shape index (κ1) is 10.6. The molecule has 0 atom stereocenters. The van der Waals surface area contributed by atoms with E-state index in [-0.39, 0.29) is 5.69 Å². The fraction of sp³-hybridized carbons (Fsp3) is 0.462. The molecular weight excluding hydrogens is 214 g/mol. The van der Waals surface area contributed by atoms with Crippen LogP contribution in [-0.2, 0) is 6.42 Å². The van der Waals surface area contributed by atoms with Gasteiger partial charge >= 0.3 is 5.69 Å². The predicted octanol–water partition coefficient (Wildman–Crippen LogP) is 1.53. The summed E-state index contributed by atoms with van der Waals surface area (Å²) in [4.78, 5) is 16.7. The third-order valence-corrected chi connectivity index (χ3v) is 4.01. The van der Waals surface area contributed by atoms with Gasteiger partial charge in [0, 0.05) is 0 Å². The number of hydrogen-bond donors (Lipinski definition) is 3. The van der Waals surface area contributed by atoms with Gasteiger partial charge in [-0.25, -0.2) is 4.79 Å². The summed E-state index contributed by atoms with van der Waals surface area (Å²) in [6.07, 6.45) is 4.77.